The van der Waals surface area contributed by atoms with E-state index in [0.717, 1.165) is 56.3 Å². The number of piperazine rings is 1. The number of benzene rings is 1. The van der Waals surface area contributed by atoms with Crippen LogP contribution in [0.3, 0.4) is 0 Å². The lowest BCUT2D eigenvalue weighted by atomic mass is 10.1. The van der Waals surface area contributed by atoms with Crippen LogP contribution in [-0.2, 0) is 32.3 Å². The number of aliphatic carboxylic acids is 3. The van der Waals surface area contributed by atoms with E-state index in [9.17, 15) is 39.5 Å². The maximum absolute atomic E-state index is 10.6. The second kappa shape index (κ2) is 18.4. The number of aryl methyl sites for hydroxylation is 1. The summed E-state index contributed by atoms with van der Waals surface area (Å²) >= 11 is 0. The number of ether oxygens (including phenoxy) is 2. The quantitative estimate of drug-likeness (QED) is 0.356. The van der Waals surface area contributed by atoms with Crippen LogP contribution >= 0.6 is 0 Å². The molecule has 3 N–H and O–H groups in total. The van der Waals surface area contributed by atoms with Crippen LogP contribution in [0.25, 0.3) is 0 Å². The van der Waals surface area contributed by atoms with Crippen LogP contribution in [-0.4, -0.2) is 112 Å². The van der Waals surface area contributed by atoms with Crippen LogP contribution in [0, 0.1) is 6.92 Å². The Kier molecular flexibility index (Phi) is 16.0. The highest BCUT2D eigenvalue weighted by atomic mass is 19.4. The molecule has 0 saturated carbocycles. The SMILES string of the molecule is COc1ccc(CN2CCN3CC(OCc4cccc(C)n4)CC3C2)cc1.O=C(O)C(F)(F)F.O=C(O)C(F)(F)F.O=C(O)C(F)(F)F. The molecular formula is C28H32F9N3O8. The highest BCUT2D eigenvalue weighted by Gasteiger charge is 2.40. The maximum Gasteiger partial charge on any atom is 0.490 e. The maximum atomic E-state index is 10.6. The molecule has 2 aliphatic heterocycles. The molecule has 3 heterocycles. The molecule has 4 rings (SSSR count). The molecule has 0 radical (unpaired) electrons. The van der Waals surface area contributed by atoms with Crippen LogP contribution in [0.1, 0.15) is 23.4 Å². The summed E-state index contributed by atoms with van der Waals surface area (Å²) in [6, 6.07) is 15.2. The van der Waals surface area contributed by atoms with Gasteiger partial charge in [0, 0.05) is 44.5 Å². The van der Waals surface area contributed by atoms with E-state index < -0.39 is 36.4 Å². The molecule has 0 amide bonds. The first-order valence-electron chi connectivity index (χ1n) is 13.6. The molecule has 48 heavy (non-hydrogen) atoms. The van der Waals surface area contributed by atoms with E-state index in [0.29, 0.717) is 18.8 Å². The first-order chi connectivity index (χ1) is 22.0. The minimum atomic E-state index is -5.08. The van der Waals surface area contributed by atoms with Gasteiger partial charge in [-0.15, -0.1) is 0 Å². The van der Waals surface area contributed by atoms with Crippen molar-refractivity contribution >= 4 is 17.9 Å². The molecule has 2 saturated heterocycles. The smallest absolute Gasteiger partial charge is 0.490 e. The van der Waals surface area contributed by atoms with Crippen molar-refractivity contribution in [2.45, 2.75) is 57.2 Å². The van der Waals surface area contributed by atoms with Gasteiger partial charge in [-0.3, -0.25) is 14.8 Å². The predicted octanol–water partition coefficient (Wildman–Crippen LogP) is 4.77. The average Bonchev–Trinajstić information content (AvgIpc) is 3.38. The minimum Gasteiger partial charge on any atom is -0.497 e. The topological polar surface area (TPSA) is 150 Å². The third kappa shape index (κ3) is 16.1. The average molecular weight is 710 g/mol. The van der Waals surface area contributed by atoms with Crippen molar-refractivity contribution in [1.82, 2.24) is 14.8 Å². The van der Waals surface area contributed by atoms with Crippen molar-refractivity contribution in [1.29, 1.82) is 0 Å². The predicted molar refractivity (Wildman–Crippen MR) is 147 cm³/mol. The second-order valence-corrected chi connectivity index (χ2v) is 10.1. The first kappa shape index (κ1) is 41.9. The monoisotopic (exact) mass is 709 g/mol. The number of carbonyl (C=O) groups is 3. The molecule has 20 heteroatoms. The standard InChI is InChI=1S/C22H29N3O2.3C2HF3O2/c1-17-4-3-5-19(23-17)16-27-22-12-20-14-24(10-11-25(20)15-22)13-18-6-8-21(26-2)9-7-18;3*3-2(4,5)1(6)7/h3-9,20,22H,10-16H2,1-2H3;3*(H,6,7). The van der Waals surface area contributed by atoms with Gasteiger partial charge in [0.05, 0.1) is 25.5 Å². The van der Waals surface area contributed by atoms with Crippen molar-refractivity contribution in [2.24, 2.45) is 0 Å². The number of methoxy groups -OCH3 is 1. The summed E-state index contributed by atoms with van der Waals surface area (Å²) in [5, 5.41) is 21.4. The van der Waals surface area contributed by atoms with Gasteiger partial charge in [0.1, 0.15) is 5.75 Å². The lowest BCUT2D eigenvalue weighted by Gasteiger charge is -2.37. The molecule has 270 valence electrons. The summed E-state index contributed by atoms with van der Waals surface area (Å²) in [7, 11) is 1.71. The molecule has 1 aromatic carbocycles. The second-order valence-electron chi connectivity index (χ2n) is 10.1. The Labute approximate surface area is 267 Å². The van der Waals surface area contributed by atoms with E-state index >= 15 is 0 Å². The van der Waals surface area contributed by atoms with E-state index in [1.807, 2.05) is 31.2 Å². The summed E-state index contributed by atoms with van der Waals surface area (Å²) in [6.07, 6.45) is -13.8. The van der Waals surface area contributed by atoms with E-state index in [4.69, 9.17) is 39.2 Å². The summed E-state index contributed by atoms with van der Waals surface area (Å²) in [5.41, 5.74) is 3.43. The Bertz CT molecular complexity index is 1270. The fourth-order valence-electron chi connectivity index (χ4n) is 4.20. The van der Waals surface area contributed by atoms with Gasteiger partial charge in [-0.25, -0.2) is 14.4 Å². The zero-order valence-electron chi connectivity index (χ0n) is 25.3. The number of hydrogen-bond donors (Lipinski definition) is 3. The van der Waals surface area contributed by atoms with E-state index in [-0.39, 0.29) is 0 Å². The Morgan fingerprint density at radius 1 is 0.812 bits per heavy atom. The van der Waals surface area contributed by atoms with Gasteiger partial charge in [-0.1, -0.05) is 18.2 Å². The van der Waals surface area contributed by atoms with Crippen molar-refractivity contribution in [3.05, 3.63) is 59.4 Å². The normalized spacial score (nSPS) is 18.1. The van der Waals surface area contributed by atoms with E-state index in [2.05, 4.69) is 33.0 Å². The van der Waals surface area contributed by atoms with Crippen molar-refractivity contribution < 1.29 is 78.7 Å². The highest BCUT2D eigenvalue weighted by Crippen LogP contribution is 2.26. The number of carboxylic acids is 3. The number of alkyl halides is 9. The van der Waals surface area contributed by atoms with Crippen molar-refractivity contribution in [2.75, 3.05) is 33.3 Å². The molecular weight excluding hydrogens is 677 g/mol. The molecule has 2 aliphatic rings. The number of aromatic nitrogens is 1. The fourth-order valence-corrected chi connectivity index (χ4v) is 4.20. The lowest BCUT2D eigenvalue weighted by molar-refractivity contribution is -0.193. The minimum absolute atomic E-state index is 0.318. The highest BCUT2D eigenvalue weighted by molar-refractivity contribution is 5.73. The molecule has 0 bridgehead atoms. The summed E-state index contributed by atoms with van der Waals surface area (Å²) < 4.78 is 107. The number of pyridine rings is 1. The van der Waals surface area contributed by atoms with Gasteiger partial charge >= 0.3 is 36.4 Å². The lowest BCUT2D eigenvalue weighted by Crippen LogP contribution is -2.49. The third-order valence-corrected chi connectivity index (χ3v) is 6.37. The largest absolute Gasteiger partial charge is 0.497 e. The molecule has 11 nitrogen and oxygen atoms in total. The first-order valence-corrected chi connectivity index (χ1v) is 13.6. The molecule has 0 spiro atoms. The molecule has 1 aromatic heterocycles. The molecule has 2 aromatic rings. The van der Waals surface area contributed by atoms with E-state index in [1.165, 1.54) is 5.56 Å². The third-order valence-electron chi connectivity index (χ3n) is 6.37. The summed E-state index contributed by atoms with van der Waals surface area (Å²) in [4.78, 5) is 36.4. The number of halogens is 9. The fraction of sp³-hybridized carbons (Fsp3) is 0.500. The number of rotatable bonds is 6. The zero-order chi connectivity index (χ0) is 36.9. The summed E-state index contributed by atoms with van der Waals surface area (Å²) in [5.74, 6) is -7.35. The van der Waals surface area contributed by atoms with Crippen LogP contribution in [0.2, 0.25) is 0 Å². The van der Waals surface area contributed by atoms with Crippen molar-refractivity contribution in [3.8, 4) is 5.75 Å². The number of hydrogen-bond acceptors (Lipinski definition) is 8. The van der Waals surface area contributed by atoms with Gasteiger partial charge in [-0.05, 0) is 43.2 Å². The Balaban J connectivity index is 0.000000448. The van der Waals surface area contributed by atoms with Crippen LogP contribution < -0.4 is 4.74 Å². The van der Waals surface area contributed by atoms with Gasteiger partial charge in [0.2, 0.25) is 0 Å². The van der Waals surface area contributed by atoms with Crippen LogP contribution in [0.5, 0.6) is 5.75 Å². The summed E-state index contributed by atoms with van der Waals surface area (Å²) in [6.45, 7) is 8.06. The molecule has 2 unspecified atom stereocenters. The number of fused-ring (bicyclic) bond motifs is 1. The van der Waals surface area contributed by atoms with Gasteiger partial charge in [0.25, 0.3) is 0 Å². The number of carboxylic acid groups (broad SMARTS) is 3. The molecule has 2 atom stereocenters. The Morgan fingerprint density at radius 2 is 1.31 bits per heavy atom. The van der Waals surface area contributed by atoms with Gasteiger partial charge in [0.15, 0.2) is 0 Å². The number of nitrogens with zero attached hydrogens (tertiary/aromatic N) is 3. The van der Waals surface area contributed by atoms with Gasteiger partial charge < -0.3 is 24.8 Å². The van der Waals surface area contributed by atoms with E-state index in [1.54, 1.807) is 7.11 Å². The van der Waals surface area contributed by atoms with Gasteiger partial charge in [-0.2, -0.15) is 39.5 Å². The molecule has 0 aliphatic carbocycles. The Hall–Kier alpha value is -4.17. The van der Waals surface area contributed by atoms with Crippen molar-refractivity contribution in [3.63, 3.8) is 0 Å². The van der Waals surface area contributed by atoms with Crippen LogP contribution in [0.15, 0.2) is 42.5 Å². The van der Waals surface area contributed by atoms with Crippen LogP contribution in [0.4, 0.5) is 39.5 Å². The molecule has 2 fully saturated rings. The zero-order valence-corrected chi connectivity index (χ0v) is 25.3. The Morgan fingerprint density at radius 3 is 1.75 bits per heavy atom.